The number of methoxy groups -OCH3 is 2. The molecule has 2 rings (SSSR count). The summed E-state index contributed by atoms with van der Waals surface area (Å²) in [6.45, 7) is 0. The van der Waals surface area contributed by atoms with Crippen molar-refractivity contribution >= 4 is 48.0 Å². The van der Waals surface area contributed by atoms with Gasteiger partial charge in [0.2, 0.25) is 11.8 Å². The molecule has 0 saturated heterocycles. The zero-order valence-electron chi connectivity index (χ0n) is 14.2. The fourth-order valence-electron chi connectivity index (χ4n) is 1.76. The topological polar surface area (TPSA) is 157 Å². The fourth-order valence-corrected chi connectivity index (χ4v) is 1.76. The summed E-state index contributed by atoms with van der Waals surface area (Å²) in [7, 11) is 3.00. The largest absolute Gasteiger partial charge is 0.497 e. The Balaban J connectivity index is 0. The van der Waals surface area contributed by atoms with Crippen molar-refractivity contribution in [1.82, 2.24) is 0 Å². The van der Waals surface area contributed by atoms with Gasteiger partial charge in [-0.25, -0.2) is 0 Å². The number of halogens is 2. The molecule has 10 heteroatoms. The van der Waals surface area contributed by atoms with Crippen LogP contribution in [0.15, 0.2) is 36.4 Å². The lowest BCUT2D eigenvalue weighted by atomic mass is 10.2. The fraction of sp³-hybridized carbons (Fsp3) is 0.125. The minimum absolute atomic E-state index is 0. The Labute approximate surface area is 163 Å². The van der Waals surface area contributed by atoms with E-state index in [1.807, 2.05) is 0 Å². The second kappa shape index (κ2) is 11.7. The van der Waals surface area contributed by atoms with Crippen molar-refractivity contribution in [2.75, 3.05) is 25.7 Å². The highest BCUT2D eigenvalue weighted by Gasteiger charge is 2.04. The van der Waals surface area contributed by atoms with Gasteiger partial charge < -0.3 is 32.4 Å². The molecule has 0 unspecified atom stereocenters. The highest BCUT2D eigenvalue weighted by molar-refractivity contribution is 5.94. The lowest BCUT2D eigenvalue weighted by molar-refractivity contribution is 0.0991. The van der Waals surface area contributed by atoms with Crippen molar-refractivity contribution in [3.05, 3.63) is 47.5 Å². The molecular weight excluding hydrogens is 383 g/mol. The van der Waals surface area contributed by atoms with E-state index in [1.165, 1.54) is 26.4 Å². The van der Waals surface area contributed by atoms with Crippen molar-refractivity contribution in [3.8, 4) is 11.5 Å². The molecule has 0 bridgehead atoms. The first-order valence-electron chi connectivity index (χ1n) is 6.75. The third-order valence-electron chi connectivity index (χ3n) is 2.90. The van der Waals surface area contributed by atoms with E-state index in [9.17, 15) is 9.59 Å². The number of amides is 2. The minimum Gasteiger partial charge on any atom is -0.497 e. The molecule has 0 aliphatic rings. The van der Waals surface area contributed by atoms with Gasteiger partial charge in [-0.3, -0.25) is 9.59 Å². The van der Waals surface area contributed by atoms with Gasteiger partial charge in [0, 0.05) is 34.6 Å². The van der Waals surface area contributed by atoms with Crippen molar-refractivity contribution in [3.63, 3.8) is 0 Å². The van der Waals surface area contributed by atoms with Crippen LogP contribution >= 0.6 is 24.8 Å². The quantitative estimate of drug-likeness (QED) is 0.566. The number of rotatable bonds is 4. The number of benzene rings is 2. The summed E-state index contributed by atoms with van der Waals surface area (Å²) in [6.07, 6.45) is 0. The predicted octanol–water partition coefficient (Wildman–Crippen LogP) is 1.60. The molecule has 0 radical (unpaired) electrons. The summed E-state index contributed by atoms with van der Waals surface area (Å²) in [6, 6.07) is 9.33. The van der Waals surface area contributed by atoms with Crippen molar-refractivity contribution in [2.24, 2.45) is 11.5 Å². The van der Waals surface area contributed by atoms with E-state index in [1.54, 1.807) is 24.3 Å². The molecular formula is C16H22Cl2N4O4. The van der Waals surface area contributed by atoms with Crippen LogP contribution in [0.3, 0.4) is 0 Å². The van der Waals surface area contributed by atoms with E-state index in [2.05, 4.69) is 0 Å². The van der Waals surface area contributed by atoms with Gasteiger partial charge in [-0.05, 0) is 24.3 Å². The third kappa shape index (κ3) is 7.82. The maximum Gasteiger partial charge on any atom is 0.248 e. The molecule has 0 spiro atoms. The van der Waals surface area contributed by atoms with E-state index >= 15 is 0 Å². The molecule has 0 aliphatic carbocycles. The summed E-state index contributed by atoms with van der Waals surface area (Å²) in [5.74, 6) is 0.0359. The SMILES string of the molecule is COc1cc(N)cc(C(N)=O)c1.COc1cc(N)cc(C(N)=O)c1.Cl.Cl. The van der Waals surface area contributed by atoms with Gasteiger partial charge in [0.1, 0.15) is 11.5 Å². The number of hydrogen-bond acceptors (Lipinski definition) is 6. The first-order chi connectivity index (χ1) is 11.3. The molecule has 0 aromatic heterocycles. The summed E-state index contributed by atoms with van der Waals surface area (Å²) in [5.41, 5.74) is 22.7. The second-order valence-corrected chi connectivity index (χ2v) is 4.72. The first-order valence-corrected chi connectivity index (χ1v) is 6.75. The Morgan fingerprint density at radius 1 is 0.692 bits per heavy atom. The van der Waals surface area contributed by atoms with Gasteiger partial charge in [0.15, 0.2) is 0 Å². The average Bonchev–Trinajstić information content (AvgIpc) is 2.54. The van der Waals surface area contributed by atoms with Crippen molar-refractivity contribution in [2.45, 2.75) is 0 Å². The molecule has 2 amide bonds. The molecule has 0 saturated carbocycles. The lowest BCUT2D eigenvalue weighted by Crippen LogP contribution is -2.11. The van der Waals surface area contributed by atoms with Crippen LogP contribution in [0.25, 0.3) is 0 Å². The normalized spacial score (nSPS) is 8.69. The Hall–Kier alpha value is -2.84. The van der Waals surface area contributed by atoms with Gasteiger partial charge in [0.25, 0.3) is 0 Å². The smallest absolute Gasteiger partial charge is 0.248 e. The lowest BCUT2D eigenvalue weighted by Gasteiger charge is -2.03. The van der Waals surface area contributed by atoms with Gasteiger partial charge in [-0.15, -0.1) is 24.8 Å². The van der Waals surface area contributed by atoms with Crippen LogP contribution in [0.5, 0.6) is 11.5 Å². The van der Waals surface area contributed by atoms with Crippen LogP contribution in [-0.4, -0.2) is 26.0 Å². The van der Waals surface area contributed by atoms with Gasteiger partial charge in [-0.1, -0.05) is 0 Å². The molecule has 0 atom stereocenters. The Morgan fingerprint density at radius 3 is 1.23 bits per heavy atom. The second-order valence-electron chi connectivity index (χ2n) is 4.72. The summed E-state index contributed by atoms with van der Waals surface area (Å²) >= 11 is 0. The number of nitrogens with two attached hydrogens (primary N) is 4. The van der Waals surface area contributed by atoms with E-state index in [4.69, 9.17) is 32.4 Å². The number of nitrogen functional groups attached to an aromatic ring is 2. The zero-order chi connectivity index (χ0) is 18.3. The maximum absolute atomic E-state index is 10.7. The van der Waals surface area contributed by atoms with Gasteiger partial charge >= 0.3 is 0 Å². The molecule has 8 nitrogen and oxygen atoms in total. The van der Waals surface area contributed by atoms with Crippen molar-refractivity contribution < 1.29 is 19.1 Å². The van der Waals surface area contributed by atoms with Crippen molar-refractivity contribution in [1.29, 1.82) is 0 Å². The molecule has 2 aromatic carbocycles. The van der Waals surface area contributed by atoms with Crippen LogP contribution in [-0.2, 0) is 0 Å². The minimum atomic E-state index is -0.513. The highest BCUT2D eigenvalue weighted by atomic mass is 35.5. The predicted molar refractivity (Wildman–Crippen MR) is 106 cm³/mol. The number of hydrogen-bond donors (Lipinski definition) is 4. The Kier molecular flexibility index (Phi) is 11.4. The summed E-state index contributed by atoms with van der Waals surface area (Å²) in [5, 5.41) is 0. The molecule has 0 heterocycles. The van der Waals surface area contributed by atoms with E-state index < -0.39 is 11.8 Å². The molecule has 0 aliphatic heterocycles. The van der Waals surface area contributed by atoms with E-state index in [0.717, 1.165) is 0 Å². The van der Waals surface area contributed by atoms with Crippen LogP contribution in [0.1, 0.15) is 20.7 Å². The third-order valence-corrected chi connectivity index (χ3v) is 2.90. The van der Waals surface area contributed by atoms with Crippen LogP contribution in [0, 0.1) is 0 Å². The number of carbonyl (C=O) groups is 2. The maximum atomic E-state index is 10.7. The molecule has 2 aromatic rings. The summed E-state index contributed by atoms with van der Waals surface area (Å²) < 4.78 is 9.80. The average molecular weight is 405 g/mol. The number of primary amides is 2. The highest BCUT2D eigenvalue weighted by Crippen LogP contribution is 2.18. The monoisotopic (exact) mass is 404 g/mol. The molecule has 144 valence electrons. The van der Waals surface area contributed by atoms with Gasteiger partial charge in [0.05, 0.1) is 14.2 Å². The number of carbonyl (C=O) groups excluding carboxylic acids is 2. The van der Waals surface area contributed by atoms with Crippen LogP contribution in [0.4, 0.5) is 11.4 Å². The van der Waals surface area contributed by atoms with E-state index in [0.29, 0.717) is 34.0 Å². The number of ether oxygens (including phenoxy) is 2. The zero-order valence-corrected chi connectivity index (χ0v) is 15.9. The standard InChI is InChI=1S/2C8H10N2O2.2ClH/c2*1-12-7-3-5(8(10)11)2-6(9)4-7;;/h2*2-4H,9H2,1H3,(H2,10,11);2*1H. The number of anilines is 2. The van der Waals surface area contributed by atoms with Crippen LogP contribution in [0.2, 0.25) is 0 Å². The van der Waals surface area contributed by atoms with Crippen LogP contribution < -0.4 is 32.4 Å². The first kappa shape index (κ1) is 25.4. The molecule has 0 fully saturated rings. The van der Waals surface area contributed by atoms with E-state index in [-0.39, 0.29) is 24.8 Å². The summed E-state index contributed by atoms with van der Waals surface area (Å²) in [4.78, 5) is 21.5. The Morgan fingerprint density at radius 2 is 1.00 bits per heavy atom. The Bertz CT molecular complexity index is 694. The molecule has 26 heavy (non-hydrogen) atoms. The molecule has 8 N–H and O–H groups in total. The van der Waals surface area contributed by atoms with Gasteiger partial charge in [-0.2, -0.15) is 0 Å².